The van der Waals surface area contributed by atoms with Gasteiger partial charge in [0.2, 0.25) is 0 Å². The standard InChI is InChI=1S/C31H34N2O5S2/c1-3-19-7-9-25(35)16-26(36)10-8-21-15-29(38-2)28(37)14-23(21)11-20-12-27(31(32)33-17-20)30(40-39-18-19)22-5-4-6-24(34)13-22/h4-6,8,10,12-15,17,19,30,34,37H,3,7,9,11,16,18H2,1-2H3,(H2,32,33)/b10-8+/t19-,30-/m0/s1. The molecule has 0 spiro atoms. The predicted octanol–water partition coefficient (Wildman–Crippen LogP) is 6.51. The van der Waals surface area contributed by atoms with Crippen molar-refractivity contribution in [1.29, 1.82) is 0 Å². The molecule has 2 bridgehead atoms. The maximum absolute atomic E-state index is 12.6. The number of carbonyl (C=O) groups excluding carboxylic acids is 2. The van der Waals surface area contributed by atoms with Gasteiger partial charge in [-0.25, -0.2) is 4.98 Å². The van der Waals surface area contributed by atoms with Crippen LogP contribution in [-0.4, -0.2) is 39.6 Å². The fourth-order valence-corrected chi connectivity index (χ4v) is 7.86. The van der Waals surface area contributed by atoms with Crippen LogP contribution in [0.2, 0.25) is 0 Å². The maximum Gasteiger partial charge on any atom is 0.163 e. The number of nitrogens with zero attached hydrogens (tertiary/aromatic N) is 1. The van der Waals surface area contributed by atoms with Crippen molar-refractivity contribution in [3.05, 3.63) is 82.6 Å². The van der Waals surface area contributed by atoms with Gasteiger partial charge in [0.15, 0.2) is 17.3 Å². The summed E-state index contributed by atoms with van der Waals surface area (Å²) in [5.74, 6) is 1.68. The molecule has 1 aromatic heterocycles. The first-order chi connectivity index (χ1) is 19.3. The number of ketones is 2. The molecule has 40 heavy (non-hydrogen) atoms. The number of nitrogens with two attached hydrogens (primary N) is 1. The van der Waals surface area contributed by atoms with Gasteiger partial charge in [-0.15, -0.1) is 0 Å². The van der Waals surface area contributed by atoms with Crippen molar-refractivity contribution in [1.82, 2.24) is 4.98 Å². The number of phenols is 2. The molecule has 1 aliphatic heterocycles. The molecule has 2 aromatic carbocycles. The minimum absolute atomic E-state index is 0.0167. The highest BCUT2D eigenvalue weighted by atomic mass is 33.1. The number of allylic oxidation sites excluding steroid dienone is 1. The van der Waals surface area contributed by atoms with Gasteiger partial charge in [0.25, 0.3) is 0 Å². The summed E-state index contributed by atoms with van der Waals surface area (Å²) in [4.78, 5) is 29.7. The average Bonchev–Trinajstić information content (AvgIpc) is 2.93. The maximum atomic E-state index is 12.6. The number of pyridine rings is 1. The summed E-state index contributed by atoms with van der Waals surface area (Å²) in [6, 6.07) is 12.5. The van der Waals surface area contributed by atoms with Crippen molar-refractivity contribution in [2.45, 2.75) is 44.3 Å². The van der Waals surface area contributed by atoms with E-state index < -0.39 is 0 Å². The number of fused-ring (bicyclic) bond motifs is 3. The van der Waals surface area contributed by atoms with Gasteiger partial charge in [0.05, 0.1) is 18.8 Å². The second-order valence-electron chi connectivity index (χ2n) is 9.90. The average molecular weight is 579 g/mol. The fourth-order valence-electron chi connectivity index (χ4n) is 4.64. The summed E-state index contributed by atoms with van der Waals surface area (Å²) in [6.45, 7) is 2.11. The molecule has 0 fully saturated rings. The van der Waals surface area contributed by atoms with Crippen molar-refractivity contribution in [2.75, 3.05) is 18.6 Å². The molecule has 0 unspecified atom stereocenters. The molecule has 0 aliphatic carbocycles. The van der Waals surface area contributed by atoms with Crippen LogP contribution >= 0.6 is 21.6 Å². The lowest BCUT2D eigenvalue weighted by molar-refractivity contribution is -0.124. The highest BCUT2D eigenvalue weighted by molar-refractivity contribution is 8.76. The lowest BCUT2D eigenvalue weighted by Gasteiger charge is -2.21. The van der Waals surface area contributed by atoms with Gasteiger partial charge in [0, 0.05) is 23.9 Å². The molecule has 0 amide bonds. The van der Waals surface area contributed by atoms with Crippen LogP contribution in [-0.2, 0) is 16.0 Å². The zero-order valence-corrected chi connectivity index (χ0v) is 24.3. The largest absolute Gasteiger partial charge is 0.508 e. The number of anilines is 1. The van der Waals surface area contributed by atoms with Crippen molar-refractivity contribution in [3.8, 4) is 17.2 Å². The number of methoxy groups -OCH3 is 1. The van der Waals surface area contributed by atoms with Crippen LogP contribution in [0, 0.1) is 5.92 Å². The quantitative estimate of drug-likeness (QED) is 0.236. The van der Waals surface area contributed by atoms with Crippen molar-refractivity contribution in [3.63, 3.8) is 0 Å². The first kappa shape index (κ1) is 29.6. The van der Waals surface area contributed by atoms with Crippen molar-refractivity contribution >= 4 is 45.0 Å². The molecule has 1 aliphatic rings. The van der Waals surface area contributed by atoms with Gasteiger partial charge in [-0.2, -0.15) is 0 Å². The summed E-state index contributed by atoms with van der Waals surface area (Å²) in [6.07, 6.45) is 7.07. The third-order valence-electron chi connectivity index (χ3n) is 6.99. The second kappa shape index (κ2) is 13.8. The molecular formula is C31H34N2O5S2. The van der Waals surface area contributed by atoms with E-state index in [0.717, 1.165) is 40.8 Å². The molecular weight excluding hydrogens is 544 g/mol. The number of aromatic nitrogens is 1. The number of ether oxygens (including phenoxy) is 1. The highest BCUT2D eigenvalue weighted by Crippen LogP contribution is 2.46. The fraction of sp³-hybridized carbons (Fsp3) is 0.323. The molecule has 210 valence electrons. The smallest absolute Gasteiger partial charge is 0.163 e. The molecule has 0 radical (unpaired) electrons. The topological polar surface area (TPSA) is 123 Å². The molecule has 2 heterocycles. The number of benzene rings is 2. The molecule has 4 rings (SSSR count). The van der Waals surface area contributed by atoms with E-state index in [1.165, 1.54) is 13.2 Å². The SMILES string of the molecule is CC[C@H]1CCC(=O)CC(=O)/C=C/c2cc(OC)c(O)cc2Cc2cnc(N)c(c2)[C@H](c2cccc(O)c2)SSC1. The lowest BCUT2D eigenvalue weighted by atomic mass is 9.96. The van der Waals surface area contributed by atoms with Crippen molar-refractivity contribution < 1.29 is 24.5 Å². The van der Waals surface area contributed by atoms with E-state index in [9.17, 15) is 19.8 Å². The van der Waals surface area contributed by atoms with Crippen LogP contribution in [0.1, 0.15) is 65.7 Å². The summed E-state index contributed by atoms with van der Waals surface area (Å²) in [5.41, 5.74) is 10.5. The molecule has 0 saturated heterocycles. The van der Waals surface area contributed by atoms with E-state index in [0.29, 0.717) is 30.1 Å². The van der Waals surface area contributed by atoms with Crippen LogP contribution in [0.25, 0.3) is 6.08 Å². The van der Waals surface area contributed by atoms with Gasteiger partial charge in [-0.05, 0) is 77.4 Å². The van der Waals surface area contributed by atoms with E-state index in [4.69, 9.17) is 10.5 Å². The van der Waals surface area contributed by atoms with Crippen LogP contribution in [0.3, 0.4) is 0 Å². The highest BCUT2D eigenvalue weighted by Gasteiger charge is 2.22. The molecule has 7 nitrogen and oxygen atoms in total. The Bertz CT molecular complexity index is 1410. The Labute approximate surface area is 242 Å². The Morgan fingerprint density at radius 3 is 2.67 bits per heavy atom. The third-order valence-corrected chi connectivity index (χ3v) is 9.85. The number of nitrogen functional groups attached to an aromatic ring is 1. The van der Waals surface area contributed by atoms with E-state index >= 15 is 0 Å². The zero-order chi connectivity index (χ0) is 28.6. The number of aromatic hydroxyl groups is 2. The Morgan fingerprint density at radius 1 is 1.10 bits per heavy atom. The first-order valence-electron chi connectivity index (χ1n) is 13.2. The van der Waals surface area contributed by atoms with E-state index in [2.05, 4.69) is 11.9 Å². The summed E-state index contributed by atoms with van der Waals surface area (Å²) < 4.78 is 5.30. The minimum Gasteiger partial charge on any atom is -0.508 e. The summed E-state index contributed by atoms with van der Waals surface area (Å²) in [7, 11) is 4.83. The summed E-state index contributed by atoms with van der Waals surface area (Å²) in [5, 5.41) is 20.5. The molecule has 2 atom stereocenters. The van der Waals surface area contributed by atoms with E-state index in [-0.39, 0.29) is 40.5 Å². The molecule has 3 aromatic rings. The van der Waals surface area contributed by atoms with Gasteiger partial charge in [0.1, 0.15) is 17.4 Å². The Balaban J connectivity index is 1.79. The van der Waals surface area contributed by atoms with Gasteiger partial charge < -0.3 is 20.7 Å². The number of Topliss-reactive ketones (excluding diaryl/α,β-unsaturated/α-hetero) is 1. The van der Waals surface area contributed by atoms with Gasteiger partial charge in [-0.3, -0.25) is 9.59 Å². The Hall–Kier alpha value is -3.43. The molecule has 0 saturated carbocycles. The van der Waals surface area contributed by atoms with E-state index in [1.807, 2.05) is 18.2 Å². The number of hydrogen-bond acceptors (Lipinski definition) is 9. The predicted molar refractivity (Wildman–Crippen MR) is 163 cm³/mol. The molecule has 4 N–H and O–H groups in total. The normalized spacial score (nSPS) is 19.8. The van der Waals surface area contributed by atoms with Crippen LogP contribution in [0.15, 0.2) is 54.7 Å². The number of rotatable bonds is 3. The van der Waals surface area contributed by atoms with Gasteiger partial charge >= 0.3 is 0 Å². The van der Waals surface area contributed by atoms with Gasteiger partial charge in [-0.1, -0.05) is 53.1 Å². The Kier molecular flexibility index (Phi) is 10.2. The van der Waals surface area contributed by atoms with E-state index in [1.54, 1.807) is 58.1 Å². The summed E-state index contributed by atoms with van der Waals surface area (Å²) >= 11 is 0. The zero-order valence-electron chi connectivity index (χ0n) is 22.6. The monoisotopic (exact) mass is 578 g/mol. The first-order valence-corrected chi connectivity index (χ1v) is 15.6. The number of phenolic OH excluding ortho intramolecular Hbond substituents is 2. The van der Waals surface area contributed by atoms with Crippen LogP contribution in [0.4, 0.5) is 5.82 Å². The van der Waals surface area contributed by atoms with Crippen LogP contribution < -0.4 is 10.5 Å². The molecule has 9 heteroatoms. The number of carbonyl (C=O) groups is 2. The number of hydrogen-bond donors (Lipinski definition) is 3. The third kappa shape index (κ3) is 7.61. The minimum atomic E-state index is -0.257. The van der Waals surface area contributed by atoms with Crippen molar-refractivity contribution in [2.24, 2.45) is 5.92 Å². The Morgan fingerprint density at radius 2 is 1.93 bits per heavy atom. The second-order valence-corrected chi connectivity index (χ2v) is 12.4. The lowest BCUT2D eigenvalue weighted by Crippen LogP contribution is -2.10. The van der Waals surface area contributed by atoms with Crippen LogP contribution in [0.5, 0.6) is 17.2 Å².